The number of carbonyl (C=O) groups is 1. The van der Waals surface area contributed by atoms with Crippen LogP contribution >= 0.6 is 0 Å². The molecule has 0 saturated carbocycles. The number of likely N-dealkylation sites (tertiary alicyclic amines) is 1. The molecule has 1 aliphatic heterocycles. The van der Waals surface area contributed by atoms with Crippen molar-refractivity contribution in [2.75, 3.05) is 25.0 Å². The third-order valence-corrected chi connectivity index (χ3v) is 4.74. The van der Waals surface area contributed by atoms with Crippen molar-refractivity contribution in [1.82, 2.24) is 14.9 Å². The number of aromatic nitrogens is 2. The van der Waals surface area contributed by atoms with E-state index in [9.17, 15) is 13.6 Å². The van der Waals surface area contributed by atoms with Gasteiger partial charge in [-0.2, -0.15) is 0 Å². The van der Waals surface area contributed by atoms with Gasteiger partial charge < -0.3 is 15.3 Å². The molecule has 6 nitrogen and oxygen atoms in total. The number of carboxylic acid groups (broad SMARTS) is 1. The summed E-state index contributed by atoms with van der Waals surface area (Å²) >= 11 is 0. The van der Waals surface area contributed by atoms with Crippen LogP contribution in [0.3, 0.4) is 0 Å². The Hall–Kier alpha value is -2.87. The predicted molar refractivity (Wildman–Crippen MR) is 102 cm³/mol. The van der Waals surface area contributed by atoms with Gasteiger partial charge in [0.05, 0.1) is 18.1 Å². The fourth-order valence-corrected chi connectivity index (χ4v) is 3.17. The SMILES string of the molecule is CC(=Cc1cnc(N[C@@H]2CCN(CCc3c(F)cccc3F)C2)cn1)C(=O)O. The van der Waals surface area contributed by atoms with Crippen molar-refractivity contribution >= 4 is 17.9 Å². The summed E-state index contributed by atoms with van der Waals surface area (Å²) in [6.07, 6.45) is 5.76. The lowest BCUT2D eigenvalue weighted by molar-refractivity contribution is -0.132. The van der Waals surface area contributed by atoms with Gasteiger partial charge in [-0.3, -0.25) is 4.98 Å². The van der Waals surface area contributed by atoms with Crippen LogP contribution < -0.4 is 5.32 Å². The van der Waals surface area contributed by atoms with E-state index in [1.807, 2.05) is 0 Å². The Bertz CT molecular complexity index is 851. The van der Waals surface area contributed by atoms with Crippen LogP contribution in [0, 0.1) is 11.6 Å². The highest BCUT2D eigenvalue weighted by atomic mass is 19.1. The van der Waals surface area contributed by atoms with Crippen molar-refractivity contribution in [1.29, 1.82) is 0 Å². The Morgan fingerprint density at radius 1 is 1.32 bits per heavy atom. The molecule has 1 saturated heterocycles. The second kappa shape index (κ2) is 8.88. The maximum Gasteiger partial charge on any atom is 0.331 e. The number of aliphatic carboxylic acids is 1. The Balaban J connectivity index is 1.51. The third kappa shape index (κ3) is 5.10. The number of benzene rings is 1. The number of rotatable bonds is 7. The van der Waals surface area contributed by atoms with Crippen molar-refractivity contribution in [2.24, 2.45) is 0 Å². The van der Waals surface area contributed by atoms with Crippen LogP contribution in [0.4, 0.5) is 14.6 Å². The number of carboxylic acids is 1. The van der Waals surface area contributed by atoms with Gasteiger partial charge in [0.2, 0.25) is 0 Å². The molecule has 1 aromatic carbocycles. The molecule has 0 amide bonds. The number of hydrogen-bond donors (Lipinski definition) is 2. The summed E-state index contributed by atoms with van der Waals surface area (Å²) in [5, 5.41) is 12.2. The smallest absolute Gasteiger partial charge is 0.331 e. The molecular formula is C20H22F2N4O2. The zero-order valence-corrected chi connectivity index (χ0v) is 15.5. The molecule has 0 radical (unpaired) electrons. The zero-order valence-electron chi connectivity index (χ0n) is 15.5. The predicted octanol–water partition coefficient (Wildman–Crippen LogP) is 2.97. The van der Waals surface area contributed by atoms with Gasteiger partial charge in [0.1, 0.15) is 17.5 Å². The largest absolute Gasteiger partial charge is 0.478 e. The number of nitrogens with zero attached hydrogens (tertiary/aromatic N) is 3. The normalized spacial score (nSPS) is 17.7. The van der Waals surface area contributed by atoms with Gasteiger partial charge in [-0.1, -0.05) is 6.07 Å². The lowest BCUT2D eigenvalue weighted by Gasteiger charge is -2.17. The van der Waals surface area contributed by atoms with Crippen molar-refractivity contribution in [3.63, 3.8) is 0 Å². The lowest BCUT2D eigenvalue weighted by atomic mass is 10.1. The van der Waals surface area contributed by atoms with E-state index in [2.05, 4.69) is 20.2 Å². The maximum atomic E-state index is 13.7. The summed E-state index contributed by atoms with van der Waals surface area (Å²) in [5.74, 6) is -1.39. The van der Waals surface area contributed by atoms with Crippen LogP contribution in [0.2, 0.25) is 0 Å². The summed E-state index contributed by atoms with van der Waals surface area (Å²) in [7, 11) is 0. The van der Waals surface area contributed by atoms with Gasteiger partial charge in [-0.15, -0.1) is 0 Å². The molecule has 2 aromatic rings. The number of nitrogens with one attached hydrogen (secondary N) is 1. The number of anilines is 1. The van der Waals surface area contributed by atoms with Crippen LogP contribution in [0.25, 0.3) is 6.08 Å². The fraction of sp³-hybridized carbons (Fsp3) is 0.350. The molecule has 1 fully saturated rings. The second-order valence-corrected chi connectivity index (χ2v) is 6.84. The Morgan fingerprint density at radius 3 is 2.71 bits per heavy atom. The summed E-state index contributed by atoms with van der Waals surface area (Å²) in [5.41, 5.74) is 0.795. The van der Waals surface area contributed by atoms with Crippen LogP contribution in [0.15, 0.2) is 36.2 Å². The van der Waals surface area contributed by atoms with Crippen molar-refractivity contribution in [3.05, 3.63) is 59.1 Å². The molecule has 0 aliphatic carbocycles. The monoisotopic (exact) mass is 388 g/mol. The molecule has 0 bridgehead atoms. The summed E-state index contributed by atoms with van der Waals surface area (Å²) in [4.78, 5) is 21.5. The van der Waals surface area contributed by atoms with E-state index in [4.69, 9.17) is 5.11 Å². The van der Waals surface area contributed by atoms with Crippen LogP contribution in [0.5, 0.6) is 0 Å². The van der Waals surface area contributed by atoms with E-state index in [1.54, 1.807) is 6.20 Å². The quantitative estimate of drug-likeness (QED) is 0.710. The molecule has 8 heteroatoms. The Kier molecular flexibility index (Phi) is 6.30. The average molecular weight is 388 g/mol. The summed E-state index contributed by atoms with van der Waals surface area (Å²) < 4.78 is 27.4. The second-order valence-electron chi connectivity index (χ2n) is 6.84. The number of hydrogen-bond acceptors (Lipinski definition) is 5. The Labute approximate surface area is 161 Å². The zero-order chi connectivity index (χ0) is 20.1. The fourth-order valence-electron chi connectivity index (χ4n) is 3.17. The van der Waals surface area contributed by atoms with Crippen LogP contribution in [-0.2, 0) is 11.2 Å². The maximum absolute atomic E-state index is 13.7. The van der Waals surface area contributed by atoms with Gasteiger partial charge in [0.25, 0.3) is 0 Å². The van der Waals surface area contributed by atoms with Crippen molar-refractivity contribution in [3.8, 4) is 0 Å². The first-order chi connectivity index (χ1) is 13.4. The Morgan fingerprint density at radius 2 is 2.07 bits per heavy atom. The topological polar surface area (TPSA) is 78.4 Å². The molecule has 28 heavy (non-hydrogen) atoms. The van der Waals surface area contributed by atoms with E-state index >= 15 is 0 Å². The van der Waals surface area contributed by atoms with Gasteiger partial charge in [-0.25, -0.2) is 18.6 Å². The molecule has 0 unspecified atom stereocenters. The molecule has 1 aromatic heterocycles. The van der Waals surface area contributed by atoms with Crippen LogP contribution in [-0.4, -0.2) is 51.6 Å². The summed E-state index contributed by atoms with van der Waals surface area (Å²) in [6.45, 7) is 3.66. The summed E-state index contributed by atoms with van der Waals surface area (Å²) in [6, 6.07) is 4.10. The minimum absolute atomic E-state index is 0.130. The minimum Gasteiger partial charge on any atom is -0.478 e. The van der Waals surface area contributed by atoms with Crippen LogP contribution in [0.1, 0.15) is 24.6 Å². The lowest BCUT2D eigenvalue weighted by Crippen LogP contribution is -2.28. The molecule has 2 N–H and O–H groups in total. The molecule has 2 heterocycles. The van der Waals surface area contributed by atoms with E-state index in [1.165, 1.54) is 37.4 Å². The van der Waals surface area contributed by atoms with E-state index in [-0.39, 0.29) is 17.2 Å². The standard InChI is InChI=1S/C20H22F2N4O2/c1-13(20(27)28)9-15-10-24-19(11-23-15)25-14-5-7-26(12-14)8-6-16-17(21)3-2-4-18(16)22/h2-4,9-11,14H,5-8,12H2,1H3,(H,24,25)(H,27,28)/t14-/m1/s1. The molecule has 148 valence electrons. The van der Waals surface area contributed by atoms with Gasteiger partial charge in [0.15, 0.2) is 0 Å². The molecule has 1 atom stereocenters. The molecule has 0 spiro atoms. The number of halogens is 2. The molecule has 3 rings (SSSR count). The van der Waals surface area contributed by atoms with Gasteiger partial charge in [-0.05, 0) is 38.0 Å². The molecule has 1 aliphatic rings. The first-order valence-electron chi connectivity index (χ1n) is 9.08. The van der Waals surface area contributed by atoms with Crippen molar-refractivity contribution in [2.45, 2.75) is 25.8 Å². The molecular weight excluding hydrogens is 366 g/mol. The highest BCUT2D eigenvalue weighted by Gasteiger charge is 2.23. The van der Waals surface area contributed by atoms with E-state index in [0.29, 0.717) is 24.5 Å². The minimum atomic E-state index is -0.995. The van der Waals surface area contributed by atoms with Crippen molar-refractivity contribution < 1.29 is 18.7 Å². The highest BCUT2D eigenvalue weighted by Crippen LogP contribution is 2.17. The van der Waals surface area contributed by atoms with E-state index in [0.717, 1.165) is 19.5 Å². The average Bonchev–Trinajstić information content (AvgIpc) is 3.10. The van der Waals surface area contributed by atoms with Gasteiger partial charge >= 0.3 is 5.97 Å². The van der Waals surface area contributed by atoms with Gasteiger partial charge in [0, 0.05) is 36.8 Å². The van der Waals surface area contributed by atoms with E-state index < -0.39 is 17.6 Å². The third-order valence-electron chi connectivity index (χ3n) is 4.74. The highest BCUT2D eigenvalue weighted by molar-refractivity contribution is 5.91. The first-order valence-corrected chi connectivity index (χ1v) is 9.08. The first kappa shape index (κ1) is 19.9.